The molecule has 1 aliphatic rings. The normalized spacial score (nSPS) is 16.5. The molecule has 0 spiro atoms. The van der Waals surface area contributed by atoms with Crippen molar-refractivity contribution in [3.05, 3.63) is 71.4 Å². The summed E-state index contributed by atoms with van der Waals surface area (Å²) < 4.78 is 18.4. The quantitative estimate of drug-likeness (QED) is 0.357. The zero-order chi connectivity index (χ0) is 21.8. The zero-order valence-corrected chi connectivity index (χ0v) is 17.1. The summed E-state index contributed by atoms with van der Waals surface area (Å²) in [5, 5.41) is 15.8. The van der Waals surface area contributed by atoms with Crippen LogP contribution in [0.1, 0.15) is 36.3 Å². The third-order valence-corrected chi connectivity index (χ3v) is 5.23. The highest BCUT2D eigenvalue weighted by Crippen LogP contribution is 2.27. The molecule has 4 rings (SSSR count). The fraction of sp³-hybridized carbons (Fsp3) is 0.273. The van der Waals surface area contributed by atoms with Crippen LogP contribution in [0.5, 0.6) is 0 Å². The lowest BCUT2D eigenvalue weighted by Gasteiger charge is -2.14. The Morgan fingerprint density at radius 1 is 1.26 bits per heavy atom. The van der Waals surface area contributed by atoms with Crippen LogP contribution >= 0.6 is 0 Å². The van der Waals surface area contributed by atoms with Crippen LogP contribution in [0.2, 0.25) is 0 Å². The molecular weight excluding hydrogens is 399 g/mol. The number of guanidine groups is 1. The van der Waals surface area contributed by atoms with Crippen molar-refractivity contribution < 1.29 is 13.8 Å². The van der Waals surface area contributed by atoms with E-state index in [9.17, 15) is 4.39 Å². The Morgan fingerprint density at radius 3 is 2.68 bits per heavy atom. The number of nitrogens with two attached hydrogens (primary N) is 1. The Kier molecular flexibility index (Phi) is 5.92. The maximum atomic E-state index is 12.9. The number of oxime groups is 1. The van der Waals surface area contributed by atoms with Crippen LogP contribution in [0, 0.1) is 11.2 Å². The van der Waals surface area contributed by atoms with Gasteiger partial charge in [0, 0.05) is 18.7 Å². The molecule has 1 aromatic heterocycles. The molecule has 2 heterocycles. The number of nitrogens with zero attached hydrogens (tertiary/aromatic N) is 4. The second-order valence-electron chi connectivity index (χ2n) is 7.43. The molecule has 1 aliphatic heterocycles. The van der Waals surface area contributed by atoms with E-state index in [1.807, 2.05) is 31.2 Å². The van der Waals surface area contributed by atoms with Gasteiger partial charge in [0.2, 0.25) is 11.7 Å². The Balaban J connectivity index is 1.37. The Morgan fingerprint density at radius 2 is 2.00 bits per heavy atom. The van der Waals surface area contributed by atoms with Crippen LogP contribution < -0.4 is 5.73 Å². The molecule has 31 heavy (non-hydrogen) atoms. The average Bonchev–Trinajstić information content (AvgIpc) is 3.45. The third kappa shape index (κ3) is 4.88. The van der Waals surface area contributed by atoms with E-state index in [0.29, 0.717) is 24.8 Å². The Bertz CT molecular complexity index is 1080. The maximum Gasteiger partial charge on any atom is 0.231 e. The lowest BCUT2D eigenvalue weighted by atomic mass is 10.1. The standard InChI is InChI=1S/C22H23FN6O2/c1-14(27-30-13-15-2-8-19(23)9-3-15)16-4-6-17(7-5-16)20-26-21(31-28-20)18-10-11-29(12-18)22(24)25/h2-9,18H,10-13H2,1H3,(H3,24,25)/t18-/m1/s1. The van der Waals surface area contributed by atoms with E-state index in [2.05, 4.69) is 15.3 Å². The first kappa shape index (κ1) is 20.5. The molecular formula is C22H23FN6O2. The molecule has 3 aromatic rings. The molecule has 1 fully saturated rings. The number of halogens is 1. The van der Waals surface area contributed by atoms with Crippen LogP contribution in [0.4, 0.5) is 4.39 Å². The molecule has 0 saturated carbocycles. The van der Waals surface area contributed by atoms with E-state index in [1.54, 1.807) is 17.0 Å². The van der Waals surface area contributed by atoms with Gasteiger partial charge in [-0.05, 0) is 36.6 Å². The largest absolute Gasteiger partial charge is 0.391 e. The molecule has 0 aliphatic carbocycles. The number of likely N-dealkylation sites (tertiary alicyclic amines) is 1. The minimum absolute atomic E-state index is 0.0662. The minimum Gasteiger partial charge on any atom is -0.391 e. The van der Waals surface area contributed by atoms with Crippen molar-refractivity contribution in [2.24, 2.45) is 10.9 Å². The Labute approximate surface area is 179 Å². The fourth-order valence-electron chi connectivity index (χ4n) is 3.40. The molecule has 2 aromatic carbocycles. The van der Waals surface area contributed by atoms with Crippen molar-refractivity contribution in [3.8, 4) is 11.4 Å². The first-order valence-corrected chi connectivity index (χ1v) is 9.94. The van der Waals surface area contributed by atoms with Crippen molar-refractivity contribution in [2.75, 3.05) is 13.1 Å². The molecule has 0 amide bonds. The van der Waals surface area contributed by atoms with Gasteiger partial charge in [-0.2, -0.15) is 4.98 Å². The number of hydrogen-bond donors (Lipinski definition) is 2. The summed E-state index contributed by atoms with van der Waals surface area (Å²) in [7, 11) is 0. The van der Waals surface area contributed by atoms with E-state index in [-0.39, 0.29) is 24.3 Å². The molecule has 0 unspecified atom stereocenters. The third-order valence-electron chi connectivity index (χ3n) is 5.23. The van der Waals surface area contributed by atoms with Gasteiger partial charge in [0.15, 0.2) is 5.96 Å². The summed E-state index contributed by atoms with van der Waals surface area (Å²) in [6.45, 7) is 3.45. The molecule has 8 nitrogen and oxygen atoms in total. The molecule has 0 radical (unpaired) electrons. The lowest BCUT2D eigenvalue weighted by molar-refractivity contribution is 0.130. The smallest absolute Gasteiger partial charge is 0.231 e. The second-order valence-corrected chi connectivity index (χ2v) is 7.43. The zero-order valence-electron chi connectivity index (χ0n) is 17.1. The number of nitrogens with one attached hydrogen (secondary N) is 1. The molecule has 9 heteroatoms. The van der Waals surface area contributed by atoms with Gasteiger partial charge < -0.3 is 20.0 Å². The van der Waals surface area contributed by atoms with Crippen molar-refractivity contribution in [3.63, 3.8) is 0 Å². The maximum absolute atomic E-state index is 12.9. The van der Waals surface area contributed by atoms with Gasteiger partial charge in [0.1, 0.15) is 12.4 Å². The lowest BCUT2D eigenvalue weighted by Crippen LogP contribution is -2.34. The van der Waals surface area contributed by atoms with Gasteiger partial charge in [0.25, 0.3) is 0 Å². The second kappa shape index (κ2) is 8.95. The number of rotatable bonds is 6. The molecule has 0 bridgehead atoms. The number of benzene rings is 2. The van der Waals surface area contributed by atoms with Crippen molar-refractivity contribution in [1.29, 1.82) is 5.41 Å². The Hall–Kier alpha value is -3.75. The van der Waals surface area contributed by atoms with Gasteiger partial charge in [0.05, 0.1) is 11.6 Å². The fourth-order valence-corrected chi connectivity index (χ4v) is 3.40. The first-order chi connectivity index (χ1) is 15.0. The van der Waals surface area contributed by atoms with Gasteiger partial charge in [-0.1, -0.05) is 46.7 Å². The van der Waals surface area contributed by atoms with Crippen LogP contribution in [-0.4, -0.2) is 39.8 Å². The summed E-state index contributed by atoms with van der Waals surface area (Å²) in [4.78, 5) is 11.7. The summed E-state index contributed by atoms with van der Waals surface area (Å²) in [5.74, 6) is 0.951. The van der Waals surface area contributed by atoms with E-state index in [0.717, 1.165) is 28.8 Å². The highest BCUT2D eigenvalue weighted by Gasteiger charge is 2.29. The van der Waals surface area contributed by atoms with Crippen molar-refractivity contribution >= 4 is 11.7 Å². The highest BCUT2D eigenvalue weighted by atomic mass is 19.1. The predicted molar refractivity (Wildman–Crippen MR) is 114 cm³/mol. The molecule has 1 atom stereocenters. The first-order valence-electron chi connectivity index (χ1n) is 9.94. The van der Waals surface area contributed by atoms with Crippen LogP contribution in [0.25, 0.3) is 11.4 Å². The van der Waals surface area contributed by atoms with E-state index in [4.69, 9.17) is 20.5 Å². The average molecular weight is 422 g/mol. The topological polar surface area (TPSA) is 114 Å². The van der Waals surface area contributed by atoms with E-state index in [1.165, 1.54) is 12.1 Å². The van der Waals surface area contributed by atoms with Gasteiger partial charge in [-0.3, -0.25) is 5.41 Å². The van der Waals surface area contributed by atoms with Gasteiger partial charge >= 0.3 is 0 Å². The van der Waals surface area contributed by atoms with Gasteiger partial charge in [-0.25, -0.2) is 4.39 Å². The molecule has 1 saturated heterocycles. The van der Waals surface area contributed by atoms with Crippen LogP contribution in [0.15, 0.2) is 58.2 Å². The summed E-state index contributed by atoms with van der Waals surface area (Å²) in [5.41, 5.74) is 8.85. The van der Waals surface area contributed by atoms with E-state index < -0.39 is 0 Å². The number of aromatic nitrogens is 2. The minimum atomic E-state index is -0.279. The predicted octanol–water partition coefficient (Wildman–Crippen LogP) is 3.50. The van der Waals surface area contributed by atoms with Crippen LogP contribution in [0.3, 0.4) is 0 Å². The summed E-state index contributed by atoms with van der Waals surface area (Å²) in [6, 6.07) is 13.7. The molecule has 160 valence electrons. The van der Waals surface area contributed by atoms with Crippen molar-refractivity contribution in [1.82, 2.24) is 15.0 Å². The molecule has 3 N–H and O–H groups in total. The monoisotopic (exact) mass is 422 g/mol. The number of hydrogen-bond acceptors (Lipinski definition) is 6. The van der Waals surface area contributed by atoms with Crippen LogP contribution in [-0.2, 0) is 11.4 Å². The van der Waals surface area contributed by atoms with Gasteiger partial charge in [-0.15, -0.1) is 0 Å². The summed E-state index contributed by atoms with van der Waals surface area (Å²) in [6.07, 6.45) is 0.827. The van der Waals surface area contributed by atoms with Crippen molar-refractivity contribution in [2.45, 2.75) is 25.9 Å². The summed E-state index contributed by atoms with van der Waals surface area (Å²) >= 11 is 0. The highest BCUT2D eigenvalue weighted by molar-refractivity contribution is 5.98. The van der Waals surface area contributed by atoms with E-state index >= 15 is 0 Å². The SMILES string of the molecule is CC(=NOCc1ccc(F)cc1)c1ccc(-c2noc([C@@H]3CCN(C(=N)N)C3)n2)cc1.